The van der Waals surface area contributed by atoms with Gasteiger partial charge in [0.2, 0.25) is 11.8 Å². The fraction of sp³-hybridized carbons (Fsp3) is 0.800. The van der Waals surface area contributed by atoms with Gasteiger partial charge >= 0.3 is 5.97 Å². The van der Waals surface area contributed by atoms with Crippen molar-refractivity contribution in [3.63, 3.8) is 0 Å². The highest BCUT2D eigenvalue weighted by atomic mass is 32.1. The monoisotopic (exact) mass is 363 g/mol. The van der Waals surface area contributed by atoms with Gasteiger partial charge in [-0.25, -0.2) is 4.79 Å². The number of rotatable bonds is 9. The largest absolute Gasteiger partial charge is 0.480 e. The number of aliphatic carboxylic acids is 1. The lowest BCUT2D eigenvalue weighted by molar-refractivity contribution is -0.143. The highest BCUT2D eigenvalue weighted by Crippen LogP contribution is 2.18. The molecule has 0 spiro atoms. The van der Waals surface area contributed by atoms with E-state index in [1.807, 2.05) is 13.8 Å². The molecule has 0 aromatic carbocycles. The maximum Gasteiger partial charge on any atom is 0.327 e. The van der Waals surface area contributed by atoms with Crippen LogP contribution in [0.1, 0.15) is 41.0 Å². The number of hydrogen-bond donors (Lipinski definition) is 6. The van der Waals surface area contributed by atoms with Crippen LogP contribution in [-0.4, -0.2) is 57.0 Å². The van der Waals surface area contributed by atoms with Gasteiger partial charge in [0.1, 0.15) is 12.1 Å². The summed E-state index contributed by atoms with van der Waals surface area (Å²) in [4.78, 5) is 35.7. The lowest BCUT2D eigenvalue weighted by atomic mass is 10.0. The van der Waals surface area contributed by atoms with Crippen LogP contribution in [0.2, 0.25) is 0 Å². The molecule has 0 saturated heterocycles. The third-order valence-electron chi connectivity index (χ3n) is 3.36. The van der Waals surface area contributed by atoms with Crippen LogP contribution in [0.15, 0.2) is 0 Å². The molecule has 0 aliphatic heterocycles. The van der Waals surface area contributed by atoms with Crippen molar-refractivity contribution in [2.75, 3.05) is 0 Å². The van der Waals surface area contributed by atoms with Crippen LogP contribution in [0.5, 0.6) is 0 Å². The second-order valence-electron chi connectivity index (χ2n) is 6.90. The molecule has 0 bridgehead atoms. The first-order valence-electron chi connectivity index (χ1n) is 7.77. The Labute approximate surface area is 148 Å². The number of amides is 2. The van der Waals surface area contributed by atoms with Crippen LogP contribution in [0.4, 0.5) is 0 Å². The van der Waals surface area contributed by atoms with Crippen LogP contribution in [0, 0.1) is 5.92 Å². The molecule has 6 N–H and O–H groups in total. The van der Waals surface area contributed by atoms with Crippen LogP contribution >= 0.6 is 12.6 Å². The van der Waals surface area contributed by atoms with Crippen LogP contribution < -0.4 is 16.4 Å². The minimum Gasteiger partial charge on any atom is -0.480 e. The van der Waals surface area contributed by atoms with Crippen molar-refractivity contribution in [3.05, 3.63) is 0 Å². The zero-order valence-electron chi connectivity index (χ0n) is 14.7. The van der Waals surface area contributed by atoms with E-state index >= 15 is 0 Å². The van der Waals surface area contributed by atoms with Gasteiger partial charge in [-0.3, -0.25) is 9.59 Å². The first-order chi connectivity index (χ1) is 10.8. The lowest BCUT2D eigenvalue weighted by Crippen LogP contribution is -2.60. The third kappa shape index (κ3) is 7.50. The predicted octanol–water partition coefficient (Wildman–Crippen LogP) is -0.497. The number of thiol groups is 1. The third-order valence-corrected chi connectivity index (χ3v) is 3.62. The van der Waals surface area contributed by atoms with Crippen molar-refractivity contribution >= 4 is 30.4 Å². The number of carbonyl (C=O) groups excluding carboxylic acids is 2. The van der Waals surface area contributed by atoms with E-state index in [1.165, 1.54) is 20.8 Å². The summed E-state index contributed by atoms with van der Waals surface area (Å²) in [6.45, 7) is 8.18. The fourth-order valence-electron chi connectivity index (χ4n) is 2.05. The van der Waals surface area contributed by atoms with E-state index < -0.39 is 46.8 Å². The Kier molecular flexibility index (Phi) is 8.73. The smallest absolute Gasteiger partial charge is 0.327 e. The Bertz CT molecular complexity index is 463. The van der Waals surface area contributed by atoms with Gasteiger partial charge in [0.05, 0.1) is 12.1 Å². The first-order valence-corrected chi connectivity index (χ1v) is 8.21. The highest BCUT2D eigenvalue weighted by Gasteiger charge is 2.37. The zero-order chi connectivity index (χ0) is 19.2. The van der Waals surface area contributed by atoms with Gasteiger partial charge in [0.25, 0.3) is 0 Å². The van der Waals surface area contributed by atoms with Gasteiger partial charge in [-0.1, -0.05) is 13.8 Å². The van der Waals surface area contributed by atoms with E-state index in [-0.39, 0.29) is 5.92 Å². The van der Waals surface area contributed by atoms with E-state index in [1.54, 1.807) is 0 Å². The minimum absolute atomic E-state index is 0.186. The maximum absolute atomic E-state index is 12.3. The first kappa shape index (κ1) is 22.7. The zero-order valence-corrected chi connectivity index (χ0v) is 15.6. The predicted molar refractivity (Wildman–Crippen MR) is 93.7 cm³/mol. The van der Waals surface area contributed by atoms with Gasteiger partial charge in [-0.2, -0.15) is 12.6 Å². The van der Waals surface area contributed by atoms with Crippen molar-refractivity contribution in [1.82, 2.24) is 10.6 Å². The molecule has 4 atom stereocenters. The molecule has 0 aromatic rings. The Hall–Kier alpha value is -1.32. The highest BCUT2D eigenvalue weighted by molar-refractivity contribution is 7.81. The van der Waals surface area contributed by atoms with E-state index in [4.69, 9.17) is 5.73 Å². The van der Waals surface area contributed by atoms with E-state index in [0.29, 0.717) is 6.42 Å². The Balaban J connectivity index is 5.09. The van der Waals surface area contributed by atoms with Gasteiger partial charge in [-0.05, 0) is 33.1 Å². The van der Waals surface area contributed by atoms with Crippen molar-refractivity contribution in [2.45, 2.75) is 70.0 Å². The van der Waals surface area contributed by atoms with E-state index in [0.717, 1.165) is 0 Å². The summed E-state index contributed by atoms with van der Waals surface area (Å²) in [6, 6.07) is -3.43. The number of aliphatic hydroxyl groups excluding tert-OH is 1. The second kappa shape index (κ2) is 9.24. The summed E-state index contributed by atoms with van der Waals surface area (Å²) >= 11 is 4.16. The number of carboxylic acids is 1. The molecule has 0 heterocycles. The van der Waals surface area contributed by atoms with Gasteiger partial charge in [0.15, 0.2) is 0 Å². The molecule has 9 heteroatoms. The summed E-state index contributed by atoms with van der Waals surface area (Å²) in [6.07, 6.45) is -0.806. The molecule has 140 valence electrons. The minimum atomic E-state index is -1.31. The van der Waals surface area contributed by atoms with Crippen molar-refractivity contribution in [2.24, 2.45) is 11.7 Å². The molecule has 0 aromatic heterocycles. The molecule has 24 heavy (non-hydrogen) atoms. The van der Waals surface area contributed by atoms with Crippen molar-refractivity contribution < 1.29 is 24.6 Å². The lowest BCUT2D eigenvalue weighted by Gasteiger charge is -2.30. The average molecular weight is 363 g/mol. The van der Waals surface area contributed by atoms with Gasteiger partial charge < -0.3 is 26.6 Å². The van der Waals surface area contributed by atoms with Crippen LogP contribution in [0.25, 0.3) is 0 Å². The topological polar surface area (TPSA) is 142 Å². The maximum atomic E-state index is 12.3. The summed E-state index contributed by atoms with van der Waals surface area (Å²) in [5, 5.41) is 23.6. The standard InChI is InChI=1S/C15H29N3O5S/c1-7(2)6-9(16)12(20)17-10(8(3)19)13(21)18-11(14(22)23)15(4,5)24/h7-11,19,24H,6,16H2,1-5H3,(H,17,20)(H,18,21)(H,22,23)/t8-,9+,10+,11-/m1/s1. The van der Waals surface area contributed by atoms with E-state index in [9.17, 15) is 24.6 Å². The molecule has 8 nitrogen and oxygen atoms in total. The summed E-state index contributed by atoms with van der Waals surface area (Å²) < 4.78 is -1.04. The Morgan fingerprint density at radius 3 is 1.96 bits per heavy atom. The Morgan fingerprint density at radius 1 is 1.12 bits per heavy atom. The second-order valence-corrected chi connectivity index (χ2v) is 8.05. The fourth-order valence-corrected chi connectivity index (χ4v) is 2.23. The summed E-state index contributed by atoms with van der Waals surface area (Å²) in [5.41, 5.74) is 5.75. The van der Waals surface area contributed by atoms with Crippen molar-refractivity contribution in [1.29, 1.82) is 0 Å². The molecule has 0 aliphatic rings. The molecule has 2 amide bonds. The average Bonchev–Trinajstić information content (AvgIpc) is 2.38. The van der Waals surface area contributed by atoms with Crippen LogP contribution in [-0.2, 0) is 14.4 Å². The number of nitrogens with two attached hydrogens (primary N) is 1. The Morgan fingerprint density at radius 2 is 1.62 bits per heavy atom. The normalized spacial score (nSPS) is 16.9. The number of aliphatic hydroxyl groups is 1. The summed E-state index contributed by atoms with van der Waals surface area (Å²) in [7, 11) is 0. The molecule has 0 unspecified atom stereocenters. The van der Waals surface area contributed by atoms with Crippen LogP contribution in [0.3, 0.4) is 0 Å². The molecule has 0 rings (SSSR count). The number of nitrogens with one attached hydrogen (secondary N) is 2. The molecular formula is C15H29N3O5S. The number of hydrogen-bond acceptors (Lipinski definition) is 6. The summed E-state index contributed by atoms with van der Waals surface area (Å²) in [5.74, 6) is -2.48. The number of carbonyl (C=O) groups is 3. The molecule has 0 saturated carbocycles. The SMILES string of the molecule is CC(C)C[C@H](N)C(=O)N[C@H](C(=O)N[C@H](C(=O)O)C(C)(C)S)[C@@H](C)O. The number of carboxylic acid groups (broad SMARTS) is 1. The van der Waals surface area contributed by atoms with E-state index in [2.05, 4.69) is 23.3 Å². The molecule has 0 radical (unpaired) electrons. The van der Waals surface area contributed by atoms with Crippen molar-refractivity contribution in [3.8, 4) is 0 Å². The quantitative estimate of drug-likeness (QED) is 0.305. The van der Waals surface area contributed by atoms with Gasteiger partial charge in [-0.15, -0.1) is 0 Å². The van der Waals surface area contributed by atoms with Gasteiger partial charge in [0, 0.05) is 4.75 Å². The molecular weight excluding hydrogens is 334 g/mol. The molecule has 0 aliphatic carbocycles. The molecule has 0 fully saturated rings.